The molecule has 0 aliphatic heterocycles. The van der Waals surface area contributed by atoms with Gasteiger partial charge < -0.3 is 5.73 Å². The molecule has 8 heavy (non-hydrogen) atoms. The maximum Gasteiger partial charge on any atom is 0.0484 e. The van der Waals surface area contributed by atoms with Crippen molar-refractivity contribution >= 4 is 11.6 Å². The lowest BCUT2D eigenvalue weighted by atomic mass is 10.1. The molecule has 2 unspecified atom stereocenters. The quantitative estimate of drug-likeness (QED) is 0.587. The molecule has 0 aromatic rings. The van der Waals surface area contributed by atoms with E-state index in [4.69, 9.17) is 17.3 Å². The Kier molecular flexibility index (Phi) is 4.29. The first-order chi connectivity index (χ1) is 3.72. The number of hydrogen-bond acceptors (Lipinski definition) is 1. The Morgan fingerprint density at radius 1 is 1.38 bits per heavy atom. The van der Waals surface area contributed by atoms with Crippen LogP contribution in [-0.2, 0) is 0 Å². The minimum atomic E-state index is 0.167. The fraction of sp³-hybridized carbons (Fsp3) is 1.00. The van der Waals surface area contributed by atoms with Gasteiger partial charge in [-0.3, -0.25) is 0 Å². The molecular weight excluding hydrogens is 122 g/mol. The van der Waals surface area contributed by atoms with E-state index in [0.29, 0.717) is 0 Å². The SMILES string of the molecule is CCC(N)C(Cl)CC. The molecule has 0 aromatic heterocycles. The topological polar surface area (TPSA) is 26.0 Å². The van der Waals surface area contributed by atoms with Gasteiger partial charge in [-0.25, -0.2) is 0 Å². The molecule has 2 heteroatoms. The second-order valence-corrected chi connectivity index (χ2v) is 2.56. The van der Waals surface area contributed by atoms with Crippen molar-refractivity contribution in [2.75, 3.05) is 0 Å². The number of halogens is 1. The van der Waals surface area contributed by atoms with E-state index in [0.717, 1.165) is 12.8 Å². The van der Waals surface area contributed by atoms with Crippen LogP contribution in [0.5, 0.6) is 0 Å². The summed E-state index contributed by atoms with van der Waals surface area (Å²) in [4.78, 5) is 0. The van der Waals surface area contributed by atoms with E-state index in [2.05, 4.69) is 6.92 Å². The highest BCUT2D eigenvalue weighted by Gasteiger charge is 2.08. The highest BCUT2D eigenvalue weighted by atomic mass is 35.5. The zero-order valence-electron chi connectivity index (χ0n) is 5.52. The summed E-state index contributed by atoms with van der Waals surface area (Å²) in [6, 6.07) is 0.182. The highest BCUT2D eigenvalue weighted by molar-refractivity contribution is 6.21. The van der Waals surface area contributed by atoms with E-state index in [9.17, 15) is 0 Å². The summed E-state index contributed by atoms with van der Waals surface area (Å²) >= 11 is 5.79. The molecule has 50 valence electrons. The van der Waals surface area contributed by atoms with Crippen LogP contribution in [0.25, 0.3) is 0 Å². The zero-order valence-corrected chi connectivity index (χ0v) is 6.28. The summed E-state index contributed by atoms with van der Waals surface area (Å²) in [6.45, 7) is 4.10. The van der Waals surface area contributed by atoms with Crippen LogP contribution in [0.4, 0.5) is 0 Å². The first-order valence-electron chi connectivity index (χ1n) is 3.12. The smallest absolute Gasteiger partial charge is 0.0484 e. The summed E-state index contributed by atoms with van der Waals surface area (Å²) < 4.78 is 0. The van der Waals surface area contributed by atoms with Crippen LogP contribution in [0.15, 0.2) is 0 Å². The standard InChI is InChI=1S/C6H14ClN/c1-3-5(7)6(8)4-2/h5-6H,3-4,8H2,1-2H3. The van der Waals surface area contributed by atoms with Gasteiger partial charge in [-0.15, -0.1) is 11.6 Å². The Morgan fingerprint density at radius 2 is 1.88 bits per heavy atom. The molecule has 0 fully saturated rings. The second kappa shape index (κ2) is 4.16. The van der Waals surface area contributed by atoms with Gasteiger partial charge in [-0.05, 0) is 12.8 Å². The van der Waals surface area contributed by atoms with Gasteiger partial charge >= 0.3 is 0 Å². The van der Waals surface area contributed by atoms with E-state index in [1.54, 1.807) is 0 Å². The van der Waals surface area contributed by atoms with E-state index in [1.807, 2.05) is 6.92 Å². The molecular formula is C6H14ClN. The molecule has 0 saturated carbocycles. The van der Waals surface area contributed by atoms with Crippen LogP contribution < -0.4 is 5.73 Å². The van der Waals surface area contributed by atoms with Gasteiger partial charge in [0.1, 0.15) is 0 Å². The van der Waals surface area contributed by atoms with Crippen LogP contribution in [0, 0.1) is 0 Å². The van der Waals surface area contributed by atoms with Crippen LogP contribution in [0.3, 0.4) is 0 Å². The number of hydrogen-bond donors (Lipinski definition) is 1. The molecule has 1 nitrogen and oxygen atoms in total. The van der Waals surface area contributed by atoms with Crippen molar-refractivity contribution in [1.82, 2.24) is 0 Å². The van der Waals surface area contributed by atoms with Crippen LogP contribution in [-0.4, -0.2) is 11.4 Å². The zero-order chi connectivity index (χ0) is 6.57. The van der Waals surface area contributed by atoms with Crippen molar-refractivity contribution in [2.24, 2.45) is 5.73 Å². The van der Waals surface area contributed by atoms with Crippen molar-refractivity contribution in [2.45, 2.75) is 38.1 Å². The summed E-state index contributed by atoms with van der Waals surface area (Å²) in [5.41, 5.74) is 5.60. The first kappa shape index (κ1) is 8.25. The fourth-order valence-electron chi connectivity index (χ4n) is 0.559. The Bertz CT molecular complexity index is 48.5. The number of rotatable bonds is 3. The van der Waals surface area contributed by atoms with Gasteiger partial charge in [0.15, 0.2) is 0 Å². The molecule has 0 rings (SSSR count). The van der Waals surface area contributed by atoms with Gasteiger partial charge in [0.05, 0.1) is 0 Å². The third kappa shape index (κ3) is 2.53. The van der Waals surface area contributed by atoms with Gasteiger partial charge in [0.2, 0.25) is 0 Å². The fourth-order valence-corrected chi connectivity index (χ4v) is 0.737. The highest BCUT2D eigenvalue weighted by Crippen LogP contribution is 2.06. The van der Waals surface area contributed by atoms with E-state index in [1.165, 1.54) is 0 Å². The molecule has 0 radical (unpaired) electrons. The third-order valence-corrected chi connectivity index (χ3v) is 1.96. The Balaban J connectivity index is 3.29. The predicted molar refractivity (Wildman–Crippen MR) is 38.2 cm³/mol. The Morgan fingerprint density at radius 3 is 2.00 bits per heavy atom. The molecule has 2 atom stereocenters. The van der Waals surface area contributed by atoms with E-state index >= 15 is 0 Å². The summed E-state index contributed by atoms with van der Waals surface area (Å²) in [7, 11) is 0. The molecule has 0 aliphatic carbocycles. The lowest BCUT2D eigenvalue weighted by Gasteiger charge is -2.12. The summed E-state index contributed by atoms with van der Waals surface area (Å²) in [5, 5.41) is 0.167. The molecule has 0 spiro atoms. The van der Waals surface area contributed by atoms with Crippen molar-refractivity contribution in [3.05, 3.63) is 0 Å². The minimum Gasteiger partial charge on any atom is -0.326 e. The predicted octanol–water partition coefficient (Wildman–Crippen LogP) is 1.74. The Hall–Kier alpha value is 0.250. The first-order valence-corrected chi connectivity index (χ1v) is 3.55. The maximum absolute atomic E-state index is 5.79. The lowest BCUT2D eigenvalue weighted by Crippen LogP contribution is -2.29. The molecule has 0 bridgehead atoms. The van der Waals surface area contributed by atoms with E-state index < -0.39 is 0 Å². The average Bonchev–Trinajstić information content (AvgIpc) is 1.84. The van der Waals surface area contributed by atoms with Gasteiger partial charge in [0, 0.05) is 11.4 Å². The van der Waals surface area contributed by atoms with Crippen LogP contribution in [0.2, 0.25) is 0 Å². The van der Waals surface area contributed by atoms with Gasteiger partial charge in [-0.1, -0.05) is 13.8 Å². The maximum atomic E-state index is 5.79. The minimum absolute atomic E-state index is 0.167. The number of nitrogens with two attached hydrogens (primary N) is 1. The van der Waals surface area contributed by atoms with E-state index in [-0.39, 0.29) is 11.4 Å². The summed E-state index contributed by atoms with van der Waals surface area (Å²) in [5.74, 6) is 0. The Labute approximate surface area is 56.2 Å². The molecule has 0 heterocycles. The molecule has 0 amide bonds. The van der Waals surface area contributed by atoms with Crippen LogP contribution >= 0.6 is 11.6 Å². The van der Waals surface area contributed by atoms with Crippen molar-refractivity contribution in [3.8, 4) is 0 Å². The van der Waals surface area contributed by atoms with Crippen molar-refractivity contribution in [1.29, 1.82) is 0 Å². The lowest BCUT2D eigenvalue weighted by molar-refractivity contribution is 0.595. The normalized spacial score (nSPS) is 18.0. The monoisotopic (exact) mass is 135 g/mol. The average molecular weight is 136 g/mol. The van der Waals surface area contributed by atoms with Gasteiger partial charge in [0.25, 0.3) is 0 Å². The third-order valence-electron chi connectivity index (χ3n) is 1.33. The second-order valence-electron chi connectivity index (χ2n) is 2.00. The number of alkyl halides is 1. The van der Waals surface area contributed by atoms with Gasteiger partial charge in [-0.2, -0.15) is 0 Å². The molecule has 0 aliphatic rings. The largest absolute Gasteiger partial charge is 0.326 e. The molecule has 0 aromatic carbocycles. The van der Waals surface area contributed by atoms with Crippen molar-refractivity contribution < 1.29 is 0 Å². The van der Waals surface area contributed by atoms with Crippen molar-refractivity contribution in [3.63, 3.8) is 0 Å². The molecule has 0 saturated heterocycles. The molecule has 2 N–H and O–H groups in total. The summed E-state index contributed by atoms with van der Waals surface area (Å²) in [6.07, 6.45) is 1.94. The van der Waals surface area contributed by atoms with Crippen LogP contribution in [0.1, 0.15) is 26.7 Å².